The molecule has 0 aromatic rings. The lowest BCUT2D eigenvalue weighted by Gasteiger charge is -1.95. The van der Waals surface area contributed by atoms with Gasteiger partial charge in [0.1, 0.15) is 6.10 Å². The maximum Gasteiger partial charge on any atom is 0.140 e. The van der Waals surface area contributed by atoms with Crippen LogP contribution in [0.2, 0.25) is 0 Å². The molecular formula is C5H8BrNO. The quantitative estimate of drug-likeness (QED) is 0.518. The Morgan fingerprint density at radius 3 is 2.75 bits per heavy atom. The van der Waals surface area contributed by atoms with Crippen molar-refractivity contribution >= 4 is 15.9 Å². The minimum Gasteiger partial charge on any atom is -0.378 e. The predicted octanol–water partition coefficient (Wildman–Crippen LogP) is 1.05. The second-order valence-corrected chi connectivity index (χ2v) is 2.27. The van der Waals surface area contributed by atoms with Crippen LogP contribution in [0.15, 0.2) is 0 Å². The van der Waals surface area contributed by atoms with Gasteiger partial charge in [0.05, 0.1) is 6.07 Å². The summed E-state index contributed by atoms with van der Waals surface area (Å²) in [6.45, 7) is 0. The number of hydrogen-bond acceptors (Lipinski definition) is 2. The lowest BCUT2D eigenvalue weighted by atomic mass is 10.2. The first-order valence-corrected chi connectivity index (χ1v) is 3.57. The van der Waals surface area contributed by atoms with Gasteiger partial charge in [-0.25, -0.2) is 0 Å². The van der Waals surface area contributed by atoms with Gasteiger partial charge in [-0.1, -0.05) is 15.9 Å². The van der Waals surface area contributed by atoms with Gasteiger partial charge >= 0.3 is 0 Å². The van der Waals surface area contributed by atoms with Gasteiger partial charge in [0.25, 0.3) is 0 Å². The van der Waals surface area contributed by atoms with E-state index in [9.17, 15) is 0 Å². The normalized spacial score (nSPS) is 12.6. The summed E-state index contributed by atoms with van der Waals surface area (Å²) in [5, 5.41) is 17.5. The predicted molar refractivity (Wildman–Crippen MR) is 34.6 cm³/mol. The van der Waals surface area contributed by atoms with Gasteiger partial charge in [-0.15, -0.1) is 0 Å². The molecule has 0 aliphatic carbocycles. The summed E-state index contributed by atoms with van der Waals surface area (Å²) in [6.07, 6.45) is 0.656. The average molecular weight is 178 g/mol. The molecule has 1 atom stereocenters. The van der Waals surface area contributed by atoms with E-state index in [4.69, 9.17) is 10.4 Å². The first-order chi connectivity index (χ1) is 3.81. The Bertz CT molecular complexity index is 88.9. The van der Waals surface area contributed by atoms with Crippen molar-refractivity contribution in [3.63, 3.8) is 0 Å². The molecule has 3 heteroatoms. The summed E-state index contributed by atoms with van der Waals surface area (Å²) in [4.78, 5) is 0. The molecule has 0 spiro atoms. The van der Waals surface area contributed by atoms with Gasteiger partial charge in [-0.2, -0.15) is 5.26 Å². The van der Waals surface area contributed by atoms with Crippen LogP contribution in [0.25, 0.3) is 0 Å². The Balaban J connectivity index is 3.02. The molecule has 0 fully saturated rings. The van der Waals surface area contributed by atoms with Crippen LogP contribution in [0.4, 0.5) is 0 Å². The zero-order valence-electron chi connectivity index (χ0n) is 4.47. The maximum atomic E-state index is 8.61. The summed E-state index contributed by atoms with van der Waals surface area (Å²) in [5.74, 6) is 0. The number of hydrogen-bond donors (Lipinski definition) is 1. The first kappa shape index (κ1) is 7.93. The average Bonchev–Trinajstić information content (AvgIpc) is 1.83. The number of rotatable bonds is 3. The highest BCUT2D eigenvalue weighted by Gasteiger charge is 1.97. The number of halogens is 1. The lowest BCUT2D eigenvalue weighted by molar-refractivity contribution is 0.219. The van der Waals surface area contributed by atoms with Crippen LogP contribution < -0.4 is 0 Å². The zero-order valence-corrected chi connectivity index (χ0v) is 6.06. The van der Waals surface area contributed by atoms with Crippen LogP contribution in [-0.4, -0.2) is 16.5 Å². The highest BCUT2D eigenvalue weighted by atomic mass is 79.9. The van der Waals surface area contributed by atoms with Gasteiger partial charge in [0.2, 0.25) is 0 Å². The van der Waals surface area contributed by atoms with Crippen molar-refractivity contribution in [2.75, 3.05) is 5.33 Å². The highest BCUT2D eigenvalue weighted by Crippen LogP contribution is 1.97. The molecule has 0 rings (SSSR count). The number of alkyl halides is 1. The van der Waals surface area contributed by atoms with Crippen LogP contribution in [0.3, 0.4) is 0 Å². The molecule has 0 amide bonds. The molecule has 0 aliphatic heterocycles. The molecule has 0 aromatic heterocycles. The van der Waals surface area contributed by atoms with Crippen LogP contribution >= 0.6 is 15.9 Å². The van der Waals surface area contributed by atoms with E-state index in [0.717, 1.165) is 11.8 Å². The van der Waals surface area contributed by atoms with Crippen LogP contribution in [0.1, 0.15) is 12.8 Å². The molecule has 0 radical (unpaired) electrons. The van der Waals surface area contributed by atoms with Crippen LogP contribution in [-0.2, 0) is 0 Å². The van der Waals surface area contributed by atoms with E-state index in [1.807, 2.05) is 0 Å². The number of nitriles is 1. The summed E-state index contributed by atoms with van der Waals surface area (Å²) < 4.78 is 0. The van der Waals surface area contributed by atoms with Crippen molar-refractivity contribution < 1.29 is 5.11 Å². The second-order valence-electron chi connectivity index (χ2n) is 1.48. The minimum atomic E-state index is -0.771. The van der Waals surface area contributed by atoms with E-state index >= 15 is 0 Å². The molecule has 0 saturated heterocycles. The highest BCUT2D eigenvalue weighted by molar-refractivity contribution is 9.09. The number of nitrogens with zero attached hydrogens (tertiary/aromatic N) is 1. The van der Waals surface area contributed by atoms with E-state index in [1.54, 1.807) is 6.07 Å². The second kappa shape index (κ2) is 5.07. The largest absolute Gasteiger partial charge is 0.378 e. The molecular weight excluding hydrogens is 170 g/mol. The SMILES string of the molecule is N#C[C@@H](O)CCCBr. The third kappa shape index (κ3) is 4.10. The number of aliphatic hydroxyl groups is 1. The maximum absolute atomic E-state index is 8.61. The zero-order chi connectivity index (χ0) is 6.41. The minimum absolute atomic E-state index is 0.571. The molecule has 0 aliphatic rings. The summed E-state index contributed by atoms with van der Waals surface area (Å²) >= 11 is 3.19. The van der Waals surface area contributed by atoms with Crippen molar-refractivity contribution in [3.05, 3.63) is 0 Å². The van der Waals surface area contributed by atoms with Crippen molar-refractivity contribution in [2.24, 2.45) is 0 Å². The van der Waals surface area contributed by atoms with Crippen molar-refractivity contribution in [1.82, 2.24) is 0 Å². The van der Waals surface area contributed by atoms with Crippen LogP contribution in [0, 0.1) is 11.3 Å². The fraction of sp³-hybridized carbons (Fsp3) is 0.800. The monoisotopic (exact) mass is 177 g/mol. The standard InChI is InChI=1S/C5H8BrNO/c6-3-1-2-5(8)4-7/h5,8H,1-3H2/t5-/m0/s1. The van der Waals surface area contributed by atoms with E-state index < -0.39 is 6.10 Å². The van der Waals surface area contributed by atoms with E-state index in [-0.39, 0.29) is 0 Å². The van der Waals surface area contributed by atoms with Crippen molar-refractivity contribution in [1.29, 1.82) is 5.26 Å². The van der Waals surface area contributed by atoms with Gasteiger partial charge in [-0.3, -0.25) is 0 Å². The Labute approximate surface area is 57.3 Å². The summed E-state index contributed by atoms with van der Waals surface area (Å²) in [6, 6.07) is 1.73. The van der Waals surface area contributed by atoms with E-state index in [1.165, 1.54) is 0 Å². The van der Waals surface area contributed by atoms with Crippen molar-refractivity contribution in [3.8, 4) is 6.07 Å². The van der Waals surface area contributed by atoms with E-state index in [0.29, 0.717) is 6.42 Å². The first-order valence-electron chi connectivity index (χ1n) is 2.45. The lowest BCUT2D eigenvalue weighted by Crippen LogP contribution is -2.01. The molecule has 0 unspecified atom stereocenters. The van der Waals surface area contributed by atoms with Gasteiger partial charge in [0, 0.05) is 5.33 Å². The molecule has 46 valence electrons. The number of aliphatic hydroxyl groups excluding tert-OH is 1. The molecule has 0 heterocycles. The molecule has 8 heavy (non-hydrogen) atoms. The Morgan fingerprint density at radius 2 is 2.38 bits per heavy atom. The molecule has 0 saturated carbocycles. The van der Waals surface area contributed by atoms with Gasteiger partial charge < -0.3 is 5.11 Å². The Hall–Kier alpha value is -0.0700. The topological polar surface area (TPSA) is 44.0 Å². The molecule has 1 N–H and O–H groups in total. The fourth-order valence-corrected chi connectivity index (χ4v) is 0.659. The molecule has 0 bridgehead atoms. The van der Waals surface area contributed by atoms with Gasteiger partial charge in [0.15, 0.2) is 0 Å². The third-order valence-electron chi connectivity index (χ3n) is 0.760. The Kier molecular flexibility index (Phi) is 5.03. The van der Waals surface area contributed by atoms with Crippen molar-refractivity contribution in [2.45, 2.75) is 18.9 Å². The van der Waals surface area contributed by atoms with Gasteiger partial charge in [-0.05, 0) is 12.8 Å². The fourth-order valence-electron chi connectivity index (χ4n) is 0.335. The third-order valence-corrected chi connectivity index (χ3v) is 1.32. The molecule has 2 nitrogen and oxygen atoms in total. The van der Waals surface area contributed by atoms with E-state index in [2.05, 4.69) is 15.9 Å². The Morgan fingerprint density at radius 1 is 1.75 bits per heavy atom. The summed E-state index contributed by atoms with van der Waals surface area (Å²) in [5.41, 5.74) is 0. The van der Waals surface area contributed by atoms with Crippen LogP contribution in [0.5, 0.6) is 0 Å². The molecule has 0 aromatic carbocycles. The summed E-state index contributed by atoms with van der Waals surface area (Å²) in [7, 11) is 0. The smallest absolute Gasteiger partial charge is 0.140 e.